The highest BCUT2D eigenvalue weighted by Crippen LogP contribution is 2.37. The van der Waals surface area contributed by atoms with Gasteiger partial charge in [-0.05, 0) is 49.4 Å². The molecule has 39 heavy (non-hydrogen) atoms. The molecule has 1 aliphatic heterocycles. The van der Waals surface area contributed by atoms with Crippen molar-refractivity contribution in [3.8, 4) is 6.07 Å². The first-order valence-electron chi connectivity index (χ1n) is 12.6. The lowest BCUT2D eigenvalue weighted by Gasteiger charge is -2.41. The van der Waals surface area contributed by atoms with Gasteiger partial charge in [-0.3, -0.25) is 4.79 Å². The Morgan fingerprint density at radius 1 is 1.10 bits per heavy atom. The van der Waals surface area contributed by atoms with Gasteiger partial charge in [0.05, 0.1) is 31.0 Å². The minimum Gasteiger partial charge on any atom is -0.458 e. The molecule has 0 saturated carbocycles. The van der Waals surface area contributed by atoms with E-state index in [1.165, 1.54) is 0 Å². The Hall–Kier alpha value is -4.13. The van der Waals surface area contributed by atoms with Gasteiger partial charge in [0.15, 0.2) is 0 Å². The lowest BCUT2D eigenvalue weighted by molar-refractivity contribution is -0.203. The summed E-state index contributed by atoms with van der Waals surface area (Å²) in [7, 11) is 0. The largest absolute Gasteiger partial charge is 0.490 e. The fraction of sp³-hybridized carbons (Fsp3) is 0.379. The molecule has 0 bridgehead atoms. The first-order chi connectivity index (χ1) is 18.6. The Morgan fingerprint density at radius 2 is 1.82 bits per heavy atom. The first kappa shape index (κ1) is 27.9. The van der Waals surface area contributed by atoms with Crippen LogP contribution in [0.5, 0.6) is 0 Å². The summed E-state index contributed by atoms with van der Waals surface area (Å²) in [5.41, 5.74) is 3.54. The molecule has 4 rings (SSSR count). The van der Waals surface area contributed by atoms with Gasteiger partial charge in [0.2, 0.25) is 5.91 Å². The van der Waals surface area contributed by atoms with Crippen molar-refractivity contribution in [2.75, 3.05) is 19.7 Å². The summed E-state index contributed by atoms with van der Waals surface area (Å²) in [4.78, 5) is 30.5. The molecule has 1 amide bonds. The van der Waals surface area contributed by atoms with Gasteiger partial charge >= 0.3 is 12.1 Å². The van der Waals surface area contributed by atoms with Crippen molar-refractivity contribution >= 4 is 11.9 Å². The molecule has 10 heteroatoms. The van der Waals surface area contributed by atoms with Crippen molar-refractivity contribution in [1.82, 2.24) is 14.5 Å². The summed E-state index contributed by atoms with van der Waals surface area (Å²) >= 11 is 0. The zero-order chi connectivity index (χ0) is 28.0. The Balaban J connectivity index is 1.41. The molecule has 1 saturated heterocycles. The molecular formula is C29H29F3N4O3. The summed E-state index contributed by atoms with van der Waals surface area (Å²) in [6.45, 7) is 2.76. The van der Waals surface area contributed by atoms with E-state index in [-0.39, 0.29) is 18.9 Å². The van der Waals surface area contributed by atoms with Crippen LogP contribution >= 0.6 is 0 Å². The number of alkyl halides is 3. The van der Waals surface area contributed by atoms with Gasteiger partial charge in [0, 0.05) is 36.9 Å². The molecule has 3 aromatic rings. The fourth-order valence-electron chi connectivity index (χ4n) is 4.94. The highest BCUT2D eigenvalue weighted by molar-refractivity contribution is 5.78. The number of imidazole rings is 1. The SMILES string of the molecule is Cc1cccc(CC2(COC(=O)C(F)(F)F)CCN(C(=O)Cc3cncn3Cc3ccc(C#N)cc3)CC2)c1. The lowest BCUT2D eigenvalue weighted by Crippen LogP contribution is -2.47. The molecule has 1 aromatic heterocycles. The van der Waals surface area contributed by atoms with Crippen molar-refractivity contribution in [2.45, 2.75) is 45.3 Å². The summed E-state index contributed by atoms with van der Waals surface area (Å²) in [5, 5.41) is 8.98. The van der Waals surface area contributed by atoms with E-state index in [0.717, 1.165) is 22.4 Å². The molecule has 1 aliphatic rings. The minimum atomic E-state index is -5.05. The third-order valence-electron chi connectivity index (χ3n) is 7.15. The average molecular weight is 539 g/mol. The number of carbonyl (C=O) groups excluding carboxylic acids is 2. The lowest BCUT2D eigenvalue weighted by atomic mass is 9.74. The second-order valence-corrected chi connectivity index (χ2v) is 10.1. The number of amides is 1. The molecule has 0 N–H and O–H groups in total. The van der Waals surface area contributed by atoms with E-state index < -0.39 is 17.6 Å². The number of aromatic nitrogens is 2. The van der Waals surface area contributed by atoms with Crippen molar-refractivity contribution < 1.29 is 27.5 Å². The second kappa shape index (κ2) is 11.7. The van der Waals surface area contributed by atoms with Crippen molar-refractivity contribution in [3.05, 3.63) is 89.0 Å². The molecular weight excluding hydrogens is 509 g/mol. The molecule has 204 valence electrons. The van der Waals surface area contributed by atoms with Crippen molar-refractivity contribution in [1.29, 1.82) is 5.26 Å². The van der Waals surface area contributed by atoms with Gasteiger partial charge < -0.3 is 14.2 Å². The maximum Gasteiger partial charge on any atom is 0.490 e. The highest BCUT2D eigenvalue weighted by Gasteiger charge is 2.44. The number of aryl methyl sites for hydroxylation is 1. The normalized spacial score (nSPS) is 15.0. The number of hydrogen-bond acceptors (Lipinski definition) is 5. The van der Waals surface area contributed by atoms with Crippen LogP contribution in [0.4, 0.5) is 13.2 Å². The zero-order valence-corrected chi connectivity index (χ0v) is 21.6. The molecule has 2 heterocycles. The average Bonchev–Trinajstić information content (AvgIpc) is 3.33. The number of likely N-dealkylation sites (tertiary alicyclic amines) is 1. The summed E-state index contributed by atoms with van der Waals surface area (Å²) < 4.78 is 45.0. The second-order valence-electron chi connectivity index (χ2n) is 10.1. The van der Waals surface area contributed by atoms with Crippen LogP contribution in [0, 0.1) is 23.7 Å². The van der Waals surface area contributed by atoms with E-state index >= 15 is 0 Å². The van der Waals surface area contributed by atoms with E-state index in [9.17, 15) is 22.8 Å². The van der Waals surface area contributed by atoms with Crippen molar-refractivity contribution in [3.63, 3.8) is 0 Å². The third-order valence-corrected chi connectivity index (χ3v) is 7.15. The number of rotatable bonds is 8. The van der Waals surface area contributed by atoms with Crippen LogP contribution in [-0.4, -0.2) is 52.2 Å². The zero-order valence-electron chi connectivity index (χ0n) is 21.6. The Morgan fingerprint density at radius 3 is 2.46 bits per heavy atom. The van der Waals surface area contributed by atoms with Crippen LogP contribution < -0.4 is 0 Å². The van der Waals surface area contributed by atoms with Crippen LogP contribution in [0.1, 0.15) is 40.8 Å². The molecule has 7 nitrogen and oxygen atoms in total. The molecule has 1 fully saturated rings. The van der Waals surface area contributed by atoms with Crippen LogP contribution in [0.3, 0.4) is 0 Å². The predicted octanol–water partition coefficient (Wildman–Crippen LogP) is 4.61. The first-order valence-corrected chi connectivity index (χ1v) is 12.6. The number of esters is 1. The molecule has 0 unspecified atom stereocenters. The summed E-state index contributed by atoms with van der Waals surface area (Å²) in [5.74, 6) is -2.30. The number of hydrogen-bond donors (Lipinski definition) is 0. The summed E-state index contributed by atoms with van der Waals surface area (Å²) in [6, 6.07) is 17.0. The number of benzene rings is 2. The van der Waals surface area contributed by atoms with Gasteiger partial charge in [-0.1, -0.05) is 42.0 Å². The monoisotopic (exact) mass is 538 g/mol. The van der Waals surface area contributed by atoms with Gasteiger partial charge in [-0.15, -0.1) is 0 Å². The van der Waals surface area contributed by atoms with E-state index in [0.29, 0.717) is 44.5 Å². The van der Waals surface area contributed by atoms with Crippen molar-refractivity contribution in [2.24, 2.45) is 5.41 Å². The number of nitriles is 1. The fourth-order valence-corrected chi connectivity index (χ4v) is 4.94. The molecule has 2 aromatic carbocycles. The van der Waals surface area contributed by atoms with Gasteiger partial charge in [-0.2, -0.15) is 18.4 Å². The van der Waals surface area contributed by atoms with Crippen LogP contribution in [0.25, 0.3) is 0 Å². The van der Waals surface area contributed by atoms with Gasteiger partial charge in [0.1, 0.15) is 0 Å². The van der Waals surface area contributed by atoms with Gasteiger partial charge in [0.25, 0.3) is 0 Å². The number of carbonyl (C=O) groups is 2. The van der Waals surface area contributed by atoms with E-state index in [1.54, 1.807) is 29.6 Å². The molecule has 0 atom stereocenters. The highest BCUT2D eigenvalue weighted by atomic mass is 19.4. The van der Waals surface area contributed by atoms with Crippen LogP contribution in [0.15, 0.2) is 61.1 Å². The predicted molar refractivity (Wildman–Crippen MR) is 136 cm³/mol. The smallest absolute Gasteiger partial charge is 0.458 e. The third kappa shape index (κ3) is 7.25. The Labute approximate surface area is 224 Å². The van der Waals surface area contributed by atoms with Crippen LogP contribution in [0.2, 0.25) is 0 Å². The standard InChI is InChI=1S/C29H29F3N4O3/c1-21-3-2-4-24(13-21)15-28(19-39-27(38)29(30,31)32)9-11-35(12-10-28)26(37)14-25-17-34-20-36(25)18-23-7-5-22(16-33)6-8-23/h2-8,13,17,20H,9-12,14-15,18-19H2,1H3. The minimum absolute atomic E-state index is 0.104. The molecule has 0 radical (unpaired) electrons. The quantitative estimate of drug-likeness (QED) is 0.391. The molecule has 0 aliphatic carbocycles. The Kier molecular flexibility index (Phi) is 8.38. The van der Waals surface area contributed by atoms with E-state index in [1.807, 2.05) is 47.9 Å². The van der Waals surface area contributed by atoms with Gasteiger partial charge in [-0.25, -0.2) is 9.78 Å². The van der Waals surface area contributed by atoms with Crippen LogP contribution in [-0.2, 0) is 33.7 Å². The summed E-state index contributed by atoms with van der Waals surface area (Å²) in [6.07, 6.45) is -0.376. The maximum absolute atomic E-state index is 13.2. The maximum atomic E-state index is 13.2. The number of halogens is 3. The number of piperidine rings is 1. The molecule has 0 spiro atoms. The van der Waals surface area contributed by atoms with E-state index in [4.69, 9.17) is 10.00 Å². The van der Waals surface area contributed by atoms with E-state index in [2.05, 4.69) is 11.1 Å². The number of ether oxygens (including phenoxy) is 1. The number of nitrogens with zero attached hydrogens (tertiary/aromatic N) is 4. The topological polar surface area (TPSA) is 88.2 Å². The Bertz CT molecular complexity index is 1350.